The molecule has 2 aliphatic rings. The van der Waals surface area contributed by atoms with Gasteiger partial charge in [-0.05, 0) is 25.8 Å². The van der Waals surface area contributed by atoms with Crippen molar-refractivity contribution in [1.29, 1.82) is 0 Å². The van der Waals surface area contributed by atoms with Gasteiger partial charge >= 0.3 is 0 Å². The van der Waals surface area contributed by atoms with Crippen molar-refractivity contribution in [3.05, 3.63) is 0 Å². The van der Waals surface area contributed by atoms with Crippen LogP contribution in [0.3, 0.4) is 0 Å². The molecule has 2 nitrogen and oxygen atoms in total. The molecular weight excluding hydrogens is 124 g/mol. The summed E-state index contributed by atoms with van der Waals surface area (Å²) in [5.41, 5.74) is 5.85. The van der Waals surface area contributed by atoms with Gasteiger partial charge in [0.25, 0.3) is 0 Å². The van der Waals surface area contributed by atoms with E-state index in [4.69, 9.17) is 5.73 Å². The van der Waals surface area contributed by atoms with E-state index >= 15 is 0 Å². The Balaban J connectivity index is 1.97. The monoisotopic (exact) mass is 140 g/mol. The maximum atomic E-state index is 5.85. The van der Waals surface area contributed by atoms with Crippen LogP contribution < -0.4 is 5.73 Å². The summed E-state index contributed by atoms with van der Waals surface area (Å²) in [6.45, 7) is 2.46. The summed E-state index contributed by atoms with van der Waals surface area (Å²) in [5.74, 6) is 0. The summed E-state index contributed by atoms with van der Waals surface area (Å²) in [6, 6.07) is 1.33. The lowest BCUT2D eigenvalue weighted by Gasteiger charge is -2.28. The fourth-order valence-corrected chi connectivity index (χ4v) is 2.29. The van der Waals surface area contributed by atoms with Crippen LogP contribution in [-0.2, 0) is 0 Å². The van der Waals surface area contributed by atoms with Gasteiger partial charge in [-0.1, -0.05) is 6.42 Å². The first-order valence-electron chi connectivity index (χ1n) is 4.36. The van der Waals surface area contributed by atoms with E-state index < -0.39 is 0 Å². The molecule has 2 heterocycles. The Kier molecular flexibility index (Phi) is 1.66. The van der Waals surface area contributed by atoms with Gasteiger partial charge in [-0.2, -0.15) is 0 Å². The highest BCUT2D eigenvalue weighted by molar-refractivity contribution is 4.89. The molecule has 0 amide bonds. The largest absolute Gasteiger partial charge is 0.326 e. The van der Waals surface area contributed by atoms with Crippen molar-refractivity contribution in [1.82, 2.24) is 4.90 Å². The predicted octanol–water partition coefficient (Wildman–Crippen LogP) is 0.572. The van der Waals surface area contributed by atoms with Crippen molar-refractivity contribution >= 4 is 0 Å². The molecule has 10 heavy (non-hydrogen) atoms. The van der Waals surface area contributed by atoms with Crippen molar-refractivity contribution in [2.75, 3.05) is 13.1 Å². The molecule has 2 atom stereocenters. The summed E-state index contributed by atoms with van der Waals surface area (Å²) in [4.78, 5) is 2.56. The van der Waals surface area contributed by atoms with Crippen molar-refractivity contribution in [3.63, 3.8) is 0 Å². The lowest BCUT2D eigenvalue weighted by molar-refractivity contribution is 0.197. The van der Waals surface area contributed by atoms with Gasteiger partial charge in [0.1, 0.15) is 0 Å². The lowest BCUT2D eigenvalue weighted by Crippen LogP contribution is -2.34. The fourth-order valence-electron chi connectivity index (χ4n) is 2.29. The Morgan fingerprint density at radius 3 is 3.00 bits per heavy atom. The van der Waals surface area contributed by atoms with Crippen LogP contribution in [0.4, 0.5) is 0 Å². The van der Waals surface area contributed by atoms with Crippen LogP contribution in [0.15, 0.2) is 0 Å². The molecule has 0 radical (unpaired) electrons. The quantitative estimate of drug-likeness (QED) is 0.533. The first-order valence-corrected chi connectivity index (χ1v) is 4.36. The molecule has 2 saturated heterocycles. The molecule has 0 bridgehead atoms. The number of nitrogens with zero attached hydrogens (tertiary/aromatic N) is 1. The number of fused-ring (bicyclic) bond motifs is 1. The van der Waals surface area contributed by atoms with Gasteiger partial charge in [-0.3, -0.25) is 4.90 Å². The highest BCUT2D eigenvalue weighted by Crippen LogP contribution is 2.25. The highest BCUT2D eigenvalue weighted by atomic mass is 15.2. The van der Waals surface area contributed by atoms with E-state index in [1.807, 2.05) is 0 Å². The summed E-state index contributed by atoms with van der Waals surface area (Å²) in [6.07, 6.45) is 5.46. The van der Waals surface area contributed by atoms with Gasteiger partial charge in [0.2, 0.25) is 0 Å². The summed E-state index contributed by atoms with van der Waals surface area (Å²) in [7, 11) is 0. The van der Waals surface area contributed by atoms with Crippen molar-refractivity contribution in [2.24, 2.45) is 5.73 Å². The van der Waals surface area contributed by atoms with E-state index in [-0.39, 0.29) is 0 Å². The molecule has 58 valence electrons. The van der Waals surface area contributed by atoms with E-state index in [9.17, 15) is 0 Å². The topological polar surface area (TPSA) is 29.3 Å². The molecule has 2 heteroatoms. The minimum atomic E-state index is 0.475. The van der Waals surface area contributed by atoms with Crippen molar-refractivity contribution in [3.8, 4) is 0 Å². The summed E-state index contributed by atoms with van der Waals surface area (Å²) >= 11 is 0. The van der Waals surface area contributed by atoms with Gasteiger partial charge in [-0.25, -0.2) is 0 Å². The van der Waals surface area contributed by atoms with Gasteiger partial charge in [0, 0.05) is 18.6 Å². The Morgan fingerprint density at radius 2 is 2.20 bits per heavy atom. The second kappa shape index (κ2) is 2.51. The van der Waals surface area contributed by atoms with Crippen LogP contribution in [-0.4, -0.2) is 30.1 Å². The van der Waals surface area contributed by atoms with Crippen LogP contribution in [0.1, 0.15) is 25.7 Å². The van der Waals surface area contributed by atoms with Gasteiger partial charge < -0.3 is 5.73 Å². The normalized spacial score (nSPS) is 41.7. The molecule has 0 aromatic carbocycles. The van der Waals surface area contributed by atoms with E-state index in [2.05, 4.69) is 4.90 Å². The third-order valence-corrected chi connectivity index (χ3v) is 2.79. The van der Waals surface area contributed by atoms with Gasteiger partial charge in [0.15, 0.2) is 0 Å². The number of nitrogens with two attached hydrogens (primary N) is 1. The Morgan fingerprint density at radius 1 is 1.30 bits per heavy atom. The molecule has 2 rings (SSSR count). The van der Waals surface area contributed by atoms with Gasteiger partial charge in [0.05, 0.1) is 0 Å². The summed E-state index contributed by atoms with van der Waals surface area (Å²) < 4.78 is 0. The van der Waals surface area contributed by atoms with Crippen molar-refractivity contribution < 1.29 is 0 Å². The van der Waals surface area contributed by atoms with Crippen LogP contribution in [0, 0.1) is 0 Å². The average Bonchev–Trinajstić information content (AvgIpc) is 2.27. The first kappa shape index (κ1) is 6.62. The number of rotatable bonds is 0. The standard InChI is InChI=1S/C8H16N2/c9-7-5-8-3-1-2-4-10(8)6-7/h7-8H,1-6,9H2/t7-,8-/m1/s1. The maximum Gasteiger partial charge on any atom is 0.0182 e. The molecule has 0 aliphatic carbocycles. The lowest BCUT2D eigenvalue weighted by atomic mass is 10.0. The van der Waals surface area contributed by atoms with E-state index in [0.717, 1.165) is 12.6 Å². The minimum Gasteiger partial charge on any atom is -0.326 e. The van der Waals surface area contributed by atoms with E-state index in [1.165, 1.54) is 32.2 Å². The highest BCUT2D eigenvalue weighted by Gasteiger charge is 2.30. The molecule has 2 aliphatic heterocycles. The zero-order chi connectivity index (χ0) is 6.97. The zero-order valence-electron chi connectivity index (χ0n) is 6.42. The Hall–Kier alpha value is -0.0800. The molecule has 2 N–H and O–H groups in total. The van der Waals surface area contributed by atoms with Crippen LogP contribution in [0.5, 0.6) is 0 Å². The average molecular weight is 140 g/mol. The minimum absolute atomic E-state index is 0.475. The SMILES string of the molecule is N[C@@H]1C[C@H]2CCCCN2C1. The van der Waals surface area contributed by atoms with Crippen LogP contribution in [0.2, 0.25) is 0 Å². The first-order chi connectivity index (χ1) is 4.86. The third-order valence-electron chi connectivity index (χ3n) is 2.79. The number of piperidine rings is 1. The smallest absolute Gasteiger partial charge is 0.0182 e. The Bertz CT molecular complexity index is 110. The predicted molar refractivity (Wildman–Crippen MR) is 41.8 cm³/mol. The molecule has 0 aromatic heterocycles. The molecule has 0 unspecified atom stereocenters. The van der Waals surface area contributed by atoms with Crippen LogP contribution in [0.25, 0.3) is 0 Å². The van der Waals surface area contributed by atoms with E-state index in [1.54, 1.807) is 0 Å². The molecule has 0 aromatic rings. The number of hydrogen-bond donors (Lipinski definition) is 1. The summed E-state index contributed by atoms with van der Waals surface area (Å²) in [5, 5.41) is 0. The molecule has 0 spiro atoms. The second-order valence-corrected chi connectivity index (χ2v) is 3.64. The van der Waals surface area contributed by atoms with Gasteiger partial charge in [-0.15, -0.1) is 0 Å². The van der Waals surface area contributed by atoms with Crippen LogP contribution >= 0.6 is 0 Å². The zero-order valence-corrected chi connectivity index (χ0v) is 6.42. The fraction of sp³-hybridized carbons (Fsp3) is 1.00. The molecular formula is C8H16N2. The van der Waals surface area contributed by atoms with E-state index in [0.29, 0.717) is 6.04 Å². The second-order valence-electron chi connectivity index (χ2n) is 3.64. The Labute approximate surface area is 62.4 Å². The molecule has 0 saturated carbocycles. The third kappa shape index (κ3) is 1.06. The maximum absolute atomic E-state index is 5.85. The number of hydrogen-bond acceptors (Lipinski definition) is 2. The van der Waals surface area contributed by atoms with Crippen molar-refractivity contribution in [2.45, 2.75) is 37.8 Å². The molecule has 2 fully saturated rings.